The molecule has 0 atom stereocenters. The Morgan fingerprint density at radius 1 is 1.29 bits per heavy atom. The first-order valence-electron chi connectivity index (χ1n) is 6.28. The van der Waals surface area contributed by atoms with E-state index in [0.717, 1.165) is 6.26 Å². The quantitative estimate of drug-likeness (QED) is 0.856. The van der Waals surface area contributed by atoms with E-state index in [1.54, 1.807) is 24.3 Å². The summed E-state index contributed by atoms with van der Waals surface area (Å²) < 4.78 is 23.7. The van der Waals surface area contributed by atoms with Crippen LogP contribution < -0.4 is 0 Å². The van der Waals surface area contributed by atoms with Crippen LogP contribution in [-0.2, 0) is 16.4 Å². The van der Waals surface area contributed by atoms with E-state index in [1.165, 1.54) is 4.68 Å². The van der Waals surface area contributed by atoms with Gasteiger partial charge >= 0.3 is 5.97 Å². The Kier molecular flexibility index (Phi) is 4.37. The van der Waals surface area contributed by atoms with Gasteiger partial charge in [-0.1, -0.05) is 35.5 Å². The lowest BCUT2D eigenvalue weighted by Gasteiger charge is -2.06. The zero-order chi connectivity index (χ0) is 15.5. The minimum Gasteiger partial charge on any atom is -0.476 e. The molecule has 1 aromatic carbocycles. The van der Waals surface area contributed by atoms with Gasteiger partial charge in [0.2, 0.25) is 0 Å². The van der Waals surface area contributed by atoms with Crippen LogP contribution in [0.15, 0.2) is 30.3 Å². The molecule has 0 saturated carbocycles. The van der Waals surface area contributed by atoms with Crippen LogP contribution in [0.3, 0.4) is 0 Å². The van der Waals surface area contributed by atoms with Gasteiger partial charge in [-0.05, 0) is 6.42 Å². The van der Waals surface area contributed by atoms with E-state index >= 15 is 0 Å². The molecule has 1 heterocycles. The second kappa shape index (κ2) is 6.04. The van der Waals surface area contributed by atoms with Crippen LogP contribution in [0.5, 0.6) is 0 Å². The fourth-order valence-corrected chi connectivity index (χ4v) is 2.63. The first-order chi connectivity index (χ1) is 9.88. The highest BCUT2D eigenvalue weighted by atomic mass is 32.2. The number of carboxylic acid groups (broad SMARTS) is 1. The monoisotopic (exact) mass is 309 g/mol. The Labute approximate surface area is 122 Å². The van der Waals surface area contributed by atoms with E-state index in [4.69, 9.17) is 0 Å². The molecule has 0 spiro atoms. The predicted octanol–water partition coefficient (Wildman–Crippen LogP) is 1.08. The van der Waals surface area contributed by atoms with Crippen LogP contribution >= 0.6 is 0 Å². The van der Waals surface area contributed by atoms with Crippen LogP contribution in [0.1, 0.15) is 16.9 Å². The van der Waals surface area contributed by atoms with Gasteiger partial charge in [0.05, 0.1) is 5.75 Å². The third-order valence-electron chi connectivity index (χ3n) is 2.87. The largest absolute Gasteiger partial charge is 0.476 e. The van der Waals surface area contributed by atoms with Crippen LogP contribution in [0.25, 0.3) is 11.3 Å². The smallest absolute Gasteiger partial charge is 0.358 e. The number of sulfone groups is 1. The molecule has 0 saturated heterocycles. The number of hydrogen-bond acceptors (Lipinski definition) is 5. The minimum atomic E-state index is -3.06. The lowest BCUT2D eigenvalue weighted by atomic mass is 10.1. The van der Waals surface area contributed by atoms with Crippen molar-refractivity contribution in [2.24, 2.45) is 0 Å². The summed E-state index contributed by atoms with van der Waals surface area (Å²) in [6.45, 7) is 0.289. The van der Waals surface area contributed by atoms with E-state index in [-0.39, 0.29) is 18.0 Å². The van der Waals surface area contributed by atoms with Gasteiger partial charge in [-0.15, -0.1) is 5.10 Å². The predicted molar refractivity (Wildman–Crippen MR) is 76.7 cm³/mol. The summed E-state index contributed by atoms with van der Waals surface area (Å²) in [7, 11) is -3.06. The number of aromatic nitrogens is 3. The molecular formula is C13H15N3O4S. The van der Waals surface area contributed by atoms with E-state index < -0.39 is 15.8 Å². The van der Waals surface area contributed by atoms with Crippen molar-refractivity contribution in [2.75, 3.05) is 12.0 Å². The molecule has 0 radical (unpaired) electrons. The van der Waals surface area contributed by atoms with Gasteiger partial charge < -0.3 is 5.11 Å². The topological polar surface area (TPSA) is 102 Å². The van der Waals surface area contributed by atoms with Gasteiger partial charge in [0.25, 0.3) is 0 Å². The van der Waals surface area contributed by atoms with Gasteiger partial charge in [0.15, 0.2) is 5.69 Å². The average Bonchev–Trinajstić information content (AvgIpc) is 2.82. The number of aryl methyl sites for hydroxylation is 1. The van der Waals surface area contributed by atoms with E-state index in [9.17, 15) is 18.3 Å². The second-order valence-corrected chi connectivity index (χ2v) is 6.92. The SMILES string of the molecule is CS(=O)(=O)CCCn1nnc(C(=O)O)c1-c1ccccc1. The number of rotatable bonds is 6. The number of carbonyl (C=O) groups is 1. The summed E-state index contributed by atoms with van der Waals surface area (Å²) >= 11 is 0. The number of carboxylic acids is 1. The molecule has 2 aromatic rings. The summed E-state index contributed by atoms with van der Waals surface area (Å²) in [6.07, 6.45) is 1.51. The molecule has 0 aliphatic heterocycles. The van der Waals surface area contributed by atoms with E-state index in [0.29, 0.717) is 17.7 Å². The third-order valence-corrected chi connectivity index (χ3v) is 3.90. The van der Waals surface area contributed by atoms with Gasteiger partial charge in [-0.2, -0.15) is 0 Å². The molecule has 8 heteroatoms. The van der Waals surface area contributed by atoms with Crippen LogP contribution in [0, 0.1) is 0 Å². The van der Waals surface area contributed by atoms with Crippen molar-refractivity contribution in [2.45, 2.75) is 13.0 Å². The van der Waals surface area contributed by atoms with Crippen LogP contribution in [0.4, 0.5) is 0 Å². The lowest BCUT2D eigenvalue weighted by molar-refractivity contribution is 0.0691. The molecule has 7 nitrogen and oxygen atoms in total. The van der Waals surface area contributed by atoms with Crippen LogP contribution in [-0.4, -0.2) is 46.5 Å². The van der Waals surface area contributed by atoms with Crippen molar-refractivity contribution in [3.05, 3.63) is 36.0 Å². The van der Waals surface area contributed by atoms with Crippen LogP contribution in [0.2, 0.25) is 0 Å². The molecule has 0 bridgehead atoms. The fourth-order valence-electron chi connectivity index (χ4n) is 1.97. The van der Waals surface area contributed by atoms with E-state index in [2.05, 4.69) is 10.3 Å². The minimum absolute atomic E-state index is 0.0174. The van der Waals surface area contributed by atoms with Crippen molar-refractivity contribution < 1.29 is 18.3 Å². The molecule has 0 aliphatic rings. The summed E-state index contributed by atoms with van der Waals surface area (Å²) in [5.74, 6) is -1.15. The summed E-state index contributed by atoms with van der Waals surface area (Å²) in [6, 6.07) is 8.92. The fraction of sp³-hybridized carbons (Fsp3) is 0.308. The maximum atomic E-state index is 11.2. The Balaban J connectivity index is 2.32. The standard InChI is InChI=1S/C13H15N3O4S/c1-21(19,20)9-5-8-16-12(10-6-3-2-4-7-10)11(13(17)18)14-15-16/h2-4,6-7H,5,8-9H2,1H3,(H,17,18). The maximum Gasteiger partial charge on any atom is 0.358 e. The Hall–Kier alpha value is -2.22. The molecule has 1 N–H and O–H groups in total. The van der Waals surface area contributed by atoms with Gasteiger partial charge in [-0.3, -0.25) is 0 Å². The third kappa shape index (κ3) is 3.88. The van der Waals surface area contributed by atoms with E-state index in [1.807, 2.05) is 6.07 Å². The number of hydrogen-bond donors (Lipinski definition) is 1. The first kappa shape index (κ1) is 15.2. The summed E-state index contributed by atoms with van der Waals surface area (Å²) in [5, 5.41) is 16.7. The number of benzene rings is 1. The Bertz CT molecular complexity index is 738. The average molecular weight is 309 g/mol. The van der Waals surface area contributed by atoms with Gasteiger partial charge in [0.1, 0.15) is 15.5 Å². The highest BCUT2D eigenvalue weighted by Gasteiger charge is 2.20. The second-order valence-electron chi connectivity index (χ2n) is 4.66. The normalized spacial score (nSPS) is 11.5. The molecule has 0 aliphatic carbocycles. The summed E-state index contributed by atoms with van der Waals surface area (Å²) in [5.41, 5.74) is 0.927. The molecule has 0 unspecified atom stereocenters. The number of nitrogens with zero attached hydrogens (tertiary/aromatic N) is 3. The number of aromatic carboxylic acids is 1. The molecule has 21 heavy (non-hydrogen) atoms. The lowest BCUT2D eigenvalue weighted by Crippen LogP contribution is -2.10. The molecule has 2 rings (SSSR count). The molecule has 112 valence electrons. The zero-order valence-electron chi connectivity index (χ0n) is 11.4. The highest BCUT2D eigenvalue weighted by Crippen LogP contribution is 2.22. The summed E-state index contributed by atoms with van der Waals surface area (Å²) in [4.78, 5) is 11.2. The molecular weight excluding hydrogens is 294 g/mol. The van der Waals surface area contributed by atoms with Crippen molar-refractivity contribution in [1.82, 2.24) is 15.0 Å². The Morgan fingerprint density at radius 3 is 2.52 bits per heavy atom. The molecule has 1 aromatic heterocycles. The zero-order valence-corrected chi connectivity index (χ0v) is 12.2. The van der Waals surface area contributed by atoms with Crippen molar-refractivity contribution >= 4 is 15.8 Å². The van der Waals surface area contributed by atoms with Crippen molar-refractivity contribution in [3.8, 4) is 11.3 Å². The van der Waals surface area contributed by atoms with Gasteiger partial charge in [0, 0.05) is 18.4 Å². The molecule has 0 fully saturated rings. The van der Waals surface area contributed by atoms with Crippen molar-refractivity contribution in [1.29, 1.82) is 0 Å². The van der Waals surface area contributed by atoms with Crippen molar-refractivity contribution in [3.63, 3.8) is 0 Å². The van der Waals surface area contributed by atoms with Gasteiger partial charge in [-0.25, -0.2) is 17.9 Å². The maximum absolute atomic E-state index is 11.2. The highest BCUT2D eigenvalue weighted by molar-refractivity contribution is 7.90. The first-order valence-corrected chi connectivity index (χ1v) is 8.34. The Morgan fingerprint density at radius 2 is 1.95 bits per heavy atom. The molecule has 0 amide bonds.